The third-order valence-corrected chi connectivity index (χ3v) is 7.00. The summed E-state index contributed by atoms with van der Waals surface area (Å²) >= 11 is 5.96. The number of allylic oxidation sites excluding steroid dienone is 5. The fourth-order valence-corrected chi connectivity index (χ4v) is 4.42. The van der Waals surface area contributed by atoms with Gasteiger partial charge in [0.2, 0.25) is 11.8 Å². The maximum atomic E-state index is 13.0. The highest BCUT2D eigenvalue weighted by atomic mass is 35.5. The largest absolute Gasteiger partial charge is 0.490 e. The number of carbonyl (C=O) groups is 4. The number of hydrogen-bond donors (Lipinski definition) is 2. The van der Waals surface area contributed by atoms with Crippen molar-refractivity contribution in [1.29, 1.82) is 0 Å². The second-order valence-electron chi connectivity index (χ2n) is 11.9. The molecule has 0 fully saturated rings. The molecule has 2 rings (SSSR count). The molecule has 0 radical (unpaired) electrons. The Morgan fingerprint density at radius 3 is 2.52 bits per heavy atom. The van der Waals surface area contributed by atoms with Crippen LogP contribution in [-0.2, 0) is 28.6 Å². The van der Waals surface area contributed by atoms with Gasteiger partial charge in [0.1, 0.15) is 24.6 Å². The predicted molar refractivity (Wildman–Crippen MR) is 176 cm³/mol. The summed E-state index contributed by atoms with van der Waals surface area (Å²) in [6.45, 7) is 11.2. The van der Waals surface area contributed by atoms with Crippen LogP contribution in [-0.4, -0.2) is 58.8 Å². The number of hydrogen-bond acceptors (Lipinski definition) is 8. The molecule has 4 atom stereocenters. The Bertz CT molecular complexity index is 1380. The predicted octanol–water partition coefficient (Wildman–Crippen LogP) is 5.86. The molecule has 0 spiro atoms. The Morgan fingerprint density at radius 1 is 1.20 bits per heavy atom. The maximum absolute atomic E-state index is 13.0. The molecule has 46 heavy (non-hydrogen) atoms. The van der Waals surface area contributed by atoms with Crippen LogP contribution in [0, 0.1) is 11.3 Å². The molecule has 0 bridgehead atoms. The number of rotatable bonds is 14. The number of nitrogens with one attached hydrogen (secondary N) is 2. The summed E-state index contributed by atoms with van der Waals surface area (Å²) in [5.41, 5.74) is 0.349. The van der Waals surface area contributed by atoms with E-state index in [1.165, 1.54) is 42.7 Å². The van der Waals surface area contributed by atoms with Crippen LogP contribution in [0.4, 0.5) is 4.79 Å². The first-order chi connectivity index (χ1) is 21.7. The van der Waals surface area contributed by atoms with E-state index >= 15 is 0 Å². The van der Waals surface area contributed by atoms with Crippen molar-refractivity contribution >= 4 is 35.5 Å². The fraction of sp³-hybridized carbons (Fsp3) is 0.441. The molecule has 1 aliphatic rings. The molecule has 1 aromatic heterocycles. The van der Waals surface area contributed by atoms with Crippen molar-refractivity contribution in [3.63, 3.8) is 0 Å². The SMILES string of the molecule is COC1=CCC(C(C)C=C(C)C=CC=CC(=O)NC(C(=O)NC=CCC(CC=C(C)Cl)OC(=O)n2ccnc2)C(C)(C)C)OC1=O. The summed E-state index contributed by atoms with van der Waals surface area (Å²) in [5.74, 6) is -1.09. The number of ether oxygens (including phenoxy) is 3. The molecule has 1 aromatic rings. The summed E-state index contributed by atoms with van der Waals surface area (Å²) in [7, 11) is 1.43. The zero-order valence-corrected chi connectivity index (χ0v) is 28.2. The third kappa shape index (κ3) is 13.3. The highest BCUT2D eigenvalue weighted by Gasteiger charge is 2.32. The van der Waals surface area contributed by atoms with Gasteiger partial charge in [0.15, 0.2) is 5.76 Å². The molecular formula is C34H45ClN4O7. The number of esters is 1. The van der Waals surface area contributed by atoms with Gasteiger partial charge in [-0.15, -0.1) is 0 Å². The quantitative estimate of drug-likeness (QED) is 0.144. The Morgan fingerprint density at radius 2 is 1.91 bits per heavy atom. The average molecular weight is 657 g/mol. The summed E-state index contributed by atoms with van der Waals surface area (Å²) in [4.78, 5) is 53.8. The smallest absolute Gasteiger partial charge is 0.419 e. The molecule has 11 nitrogen and oxygen atoms in total. The average Bonchev–Trinajstić information content (AvgIpc) is 3.53. The van der Waals surface area contributed by atoms with Gasteiger partial charge in [0, 0.05) is 48.7 Å². The second-order valence-corrected chi connectivity index (χ2v) is 12.5. The number of nitrogens with zero attached hydrogens (tertiary/aromatic N) is 2. The Balaban J connectivity index is 1.92. The van der Waals surface area contributed by atoms with Crippen LogP contribution in [0.15, 0.2) is 89.9 Å². The normalized spacial score (nSPS) is 18.2. The first-order valence-electron chi connectivity index (χ1n) is 15.0. The first kappa shape index (κ1) is 37.8. The molecule has 2 heterocycles. The Hall–Kier alpha value is -4.38. The van der Waals surface area contributed by atoms with Gasteiger partial charge in [0.25, 0.3) is 0 Å². The molecule has 0 saturated heterocycles. The number of aromatic nitrogens is 2. The maximum Gasteiger partial charge on any atom is 0.419 e. The fourth-order valence-electron chi connectivity index (χ4n) is 4.33. The van der Waals surface area contributed by atoms with E-state index in [2.05, 4.69) is 15.6 Å². The van der Waals surface area contributed by atoms with E-state index in [-0.39, 0.29) is 17.8 Å². The van der Waals surface area contributed by atoms with Gasteiger partial charge >= 0.3 is 12.1 Å². The topological polar surface area (TPSA) is 138 Å². The lowest BCUT2D eigenvalue weighted by Crippen LogP contribution is -2.52. The van der Waals surface area contributed by atoms with Gasteiger partial charge in [-0.25, -0.2) is 19.1 Å². The Labute approximate surface area is 276 Å². The van der Waals surface area contributed by atoms with Crippen LogP contribution < -0.4 is 10.6 Å². The molecule has 0 saturated carbocycles. The van der Waals surface area contributed by atoms with Crippen molar-refractivity contribution in [2.24, 2.45) is 11.3 Å². The van der Waals surface area contributed by atoms with Crippen LogP contribution >= 0.6 is 11.6 Å². The van der Waals surface area contributed by atoms with Crippen molar-refractivity contribution < 1.29 is 33.4 Å². The molecule has 0 aliphatic carbocycles. The zero-order chi connectivity index (χ0) is 34.3. The lowest BCUT2D eigenvalue weighted by molar-refractivity contribution is -0.151. The minimum Gasteiger partial charge on any atom is -0.490 e. The van der Waals surface area contributed by atoms with Gasteiger partial charge < -0.3 is 24.8 Å². The molecule has 2 amide bonds. The van der Waals surface area contributed by atoms with Crippen molar-refractivity contribution in [3.05, 3.63) is 89.9 Å². The van der Waals surface area contributed by atoms with E-state index in [1.54, 1.807) is 37.3 Å². The second kappa shape index (κ2) is 18.6. The molecular weight excluding hydrogens is 612 g/mol. The summed E-state index contributed by atoms with van der Waals surface area (Å²) in [6, 6.07) is -0.830. The van der Waals surface area contributed by atoms with Gasteiger partial charge in [-0.05, 0) is 31.5 Å². The van der Waals surface area contributed by atoms with Crippen LogP contribution in [0.25, 0.3) is 0 Å². The lowest BCUT2D eigenvalue weighted by atomic mass is 9.86. The van der Waals surface area contributed by atoms with E-state index in [0.717, 1.165) is 5.57 Å². The van der Waals surface area contributed by atoms with E-state index in [0.29, 0.717) is 24.3 Å². The van der Waals surface area contributed by atoms with E-state index < -0.39 is 41.4 Å². The van der Waals surface area contributed by atoms with Crippen molar-refractivity contribution in [2.45, 2.75) is 79.1 Å². The van der Waals surface area contributed by atoms with Crippen LogP contribution in [0.1, 0.15) is 60.8 Å². The molecule has 250 valence electrons. The third-order valence-electron chi connectivity index (χ3n) is 6.85. The van der Waals surface area contributed by atoms with Crippen molar-refractivity contribution in [3.8, 4) is 0 Å². The van der Waals surface area contributed by atoms with Crippen molar-refractivity contribution in [2.75, 3.05) is 7.11 Å². The zero-order valence-electron chi connectivity index (χ0n) is 27.5. The standard InChI is InChI=1S/C34H45ClN4O7/c1-23(21-24(2)27-16-17-28(44-7)32(42)46-27)11-8-9-13-29(40)38-30(34(4,5)6)31(41)37-18-10-12-26(15-14-25(3)35)45-33(43)39-20-19-36-22-39/h8-11,13-14,17-22,24,26-27,30H,12,15-16H2,1-7H3,(H,37,41)(H,38,40). The molecule has 0 aromatic carbocycles. The van der Waals surface area contributed by atoms with Crippen molar-refractivity contribution in [1.82, 2.24) is 20.2 Å². The van der Waals surface area contributed by atoms with Gasteiger partial charge in [0.05, 0.1) is 7.11 Å². The van der Waals surface area contributed by atoms with Gasteiger partial charge in [-0.2, -0.15) is 0 Å². The van der Waals surface area contributed by atoms with Gasteiger partial charge in [-0.1, -0.05) is 81.3 Å². The Kier molecular flexibility index (Phi) is 15.3. The number of carbonyl (C=O) groups excluding carboxylic acids is 4. The summed E-state index contributed by atoms with van der Waals surface area (Å²) in [6.07, 6.45) is 19.3. The monoisotopic (exact) mass is 656 g/mol. The van der Waals surface area contributed by atoms with E-state index in [9.17, 15) is 19.2 Å². The summed E-state index contributed by atoms with van der Waals surface area (Å²) in [5, 5.41) is 6.05. The highest BCUT2D eigenvalue weighted by molar-refractivity contribution is 6.29. The minimum absolute atomic E-state index is 0.0226. The lowest BCUT2D eigenvalue weighted by Gasteiger charge is -2.29. The summed E-state index contributed by atoms with van der Waals surface area (Å²) < 4.78 is 17.2. The number of amides is 2. The minimum atomic E-state index is -0.830. The van der Waals surface area contributed by atoms with Crippen LogP contribution in [0.3, 0.4) is 0 Å². The van der Waals surface area contributed by atoms with Crippen LogP contribution in [0.2, 0.25) is 0 Å². The first-order valence-corrected chi connectivity index (χ1v) is 15.3. The highest BCUT2D eigenvalue weighted by Crippen LogP contribution is 2.23. The van der Waals surface area contributed by atoms with E-state index in [1.807, 2.05) is 46.8 Å². The number of imidazole rings is 1. The molecule has 12 heteroatoms. The molecule has 2 N–H and O–H groups in total. The number of halogens is 1. The molecule has 1 aliphatic heterocycles. The van der Waals surface area contributed by atoms with Gasteiger partial charge in [-0.3, -0.25) is 9.59 Å². The van der Waals surface area contributed by atoms with E-state index in [4.69, 9.17) is 25.8 Å². The van der Waals surface area contributed by atoms with Crippen LogP contribution in [0.5, 0.6) is 0 Å². The molecule has 4 unspecified atom stereocenters. The number of cyclic esters (lactones) is 1. The number of methoxy groups -OCH3 is 1.